The van der Waals surface area contributed by atoms with Crippen LogP contribution in [0.2, 0.25) is 0 Å². The zero-order valence-electron chi connectivity index (χ0n) is 7.14. The van der Waals surface area contributed by atoms with E-state index in [1.54, 1.807) is 23.9 Å². The molecule has 3 heteroatoms. The topological polar surface area (TPSA) is 39.2 Å². The maximum absolute atomic E-state index is 5.98. The summed E-state index contributed by atoms with van der Waals surface area (Å²) in [6, 6.07) is 4.06. The molecule has 2 nitrogen and oxygen atoms in total. The number of hydrogen-bond donors (Lipinski definition) is 1. The predicted octanol–water partition coefficient (Wildman–Crippen LogP) is 2.58. The summed E-state index contributed by atoms with van der Waals surface area (Å²) in [5.74, 6) is 0. The van der Waals surface area contributed by atoms with Gasteiger partial charge in [-0.3, -0.25) is 0 Å². The van der Waals surface area contributed by atoms with Crippen LogP contribution in [0.3, 0.4) is 0 Å². The maximum atomic E-state index is 5.98. The molecule has 0 aromatic carbocycles. The molecule has 1 atom stereocenters. The van der Waals surface area contributed by atoms with Crippen LogP contribution < -0.4 is 5.73 Å². The van der Waals surface area contributed by atoms with Crippen molar-refractivity contribution in [2.75, 3.05) is 0 Å². The van der Waals surface area contributed by atoms with Crippen molar-refractivity contribution >= 4 is 11.3 Å². The molecule has 2 rings (SSSR count). The van der Waals surface area contributed by atoms with E-state index in [4.69, 9.17) is 10.2 Å². The lowest BCUT2D eigenvalue weighted by atomic mass is 10.0. The summed E-state index contributed by atoms with van der Waals surface area (Å²) in [5, 5.41) is 4.19. The fraction of sp³-hybridized carbons (Fsp3) is 0.200. The molecule has 0 spiro atoms. The average Bonchev–Trinajstić information content (AvgIpc) is 2.74. The molecule has 2 heterocycles. The van der Waals surface area contributed by atoms with Gasteiger partial charge in [0.1, 0.15) is 0 Å². The molecule has 0 fully saturated rings. The summed E-state index contributed by atoms with van der Waals surface area (Å²) in [6.45, 7) is 0. The lowest BCUT2D eigenvalue weighted by Crippen LogP contribution is -2.11. The van der Waals surface area contributed by atoms with E-state index in [9.17, 15) is 0 Å². The molecule has 0 amide bonds. The Balaban J connectivity index is 2.04. The summed E-state index contributed by atoms with van der Waals surface area (Å²) < 4.78 is 4.98. The van der Waals surface area contributed by atoms with E-state index in [1.807, 2.05) is 6.07 Å². The molecule has 0 bridgehead atoms. The largest absolute Gasteiger partial charge is 0.472 e. The molecule has 1 unspecified atom stereocenters. The first kappa shape index (κ1) is 8.53. The van der Waals surface area contributed by atoms with Crippen LogP contribution in [0.1, 0.15) is 17.2 Å². The maximum Gasteiger partial charge on any atom is 0.0950 e. The van der Waals surface area contributed by atoms with Crippen LogP contribution in [-0.4, -0.2) is 0 Å². The molecule has 0 aliphatic rings. The monoisotopic (exact) mass is 193 g/mol. The van der Waals surface area contributed by atoms with Crippen molar-refractivity contribution in [1.29, 1.82) is 0 Å². The van der Waals surface area contributed by atoms with Crippen LogP contribution in [0.5, 0.6) is 0 Å². The van der Waals surface area contributed by atoms with Crippen molar-refractivity contribution in [3.05, 3.63) is 46.5 Å². The van der Waals surface area contributed by atoms with Crippen LogP contribution in [0.4, 0.5) is 0 Å². The van der Waals surface area contributed by atoms with Crippen molar-refractivity contribution in [3.63, 3.8) is 0 Å². The first-order chi connectivity index (χ1) is 6.36. The Morgan fingerprint density at radius 2 is 2.38 bits per heavy atom. The molecular formula is C10H11NOS. The number of thiophene rings is 1. The van der Waals surface area contributed by atoms with Crippen LogP contribution >= 0.6 is 11.3 Å². The zero-order chi connectivity index (χ0) is 9.10. The van der Waals surface area contributed by atoms with Gasteiger partial charge in [-0.2, -0.15) is 11.3 Å². The van der Waals surface area contributed by atoms with Gasteiger partial charge in [0, 0.05) is 11.6 Å². The Labute approximate surface area is 81.0 Å². The number of hydrogen-bond acceptors (Lipinski definition) is 3. The first-order valence-corrected chi connectivity index (χ1v) is 5.09. The zero-order valence-corrected chi connectivity index (χ0v) is 7.96. The minimum Gasteiger partial charge on any atom is -0.472 e. The highest BCUT2D eigenvalue weighted by Gasteiger charge is 2.07. The lowest BCUT2D eigenvalue weighted by molar-refractivity contribution is 0.558. The van der Waals surface area contributed by atoms with Crippen LogP contribution in [0.25, 0.3) is 0 Å². The fourth-order valence-corrected chi connectivity index (χ4v) is 1.95. The summed E-state index contributed by atoms with van der Waals surface area (Å²) in [5.41, 5.74) is 8.33. The van der Waals surface area contributed by atoms with Crippen LogP contribution in [0, 0.1) is 0 Å². The fourth-order valence-electron chi connectivity index (χ4n) is 1.27. The van der Waals surface area contributed by atoms with E-state index < -0.39 is 0 Å². The molecule has 2 aromatic heterocycles. The Morgan fingerprint density at radius 3 is 3.00 bits per heavy atom. The highest BCUT2D eigenvalue weighted by atomic mass is 32.1. The summed E-state index contributed by atoms with van der Waals surface area (Å²) >= 11 is 1.70. The Hall–Kier alpha value is -1.06. The highest BCUT2D eigenvalue weighted by Crippen LogP contribution is 2.17. The molecule has 13 heavy (non-hydrogen) atoms. The van der Waals surface area contributed by atoms with Gasteiger partial charge in [0.25, 0.3) is 0 Å². The van der Waals surface area contributed by atoms with Gasteiger partial charge in [0.2, 0.25) is 0 Å². The van der Waals surface area contributed by atoms with Gasteiger partial charge in [-0.1, -0.05) is 0 Å². The van der Waals surface area contributed by atoms with E-state index in [2.05, 4.69) is 16.8 Å². The second-order valence-electron chi connectivity index (χ2n) is 3.00. The Morgan fingerprint density at radius 1 is 1.46 bits per heavy atom. The molecule has 0 aliphatic carbocycles. The van der Waals surface area contributed by atoms with E-state index in [1.165, 1.54) is 5.56 Å². The van der Waals surface area contributed by atoms with E-state index in [-0.39, 0.29) is 6.04 Å². The third kappa shape index (κ3) is 1.99. The molecule has 0 saturated heterocycles. The molecule has 2 aromatic rings. The van der Waals surface area contributed by atoms with Crippen molar-refractivity contribution in [2.24, 2.45) is 5.73 Å². The van der Waals surface area contributed by atoms with Crippen molar-refractivity contribution in [1.82, 2.24) is 0 Å². The third-order valence-electron chi connectivity index (χ3n) is 2.01. The number of rotatable bonds is 3. The first-order valence-electron chi connectivity index (χ1n) is 4.15. The van der Waals surface area contributed by atoms with E-state index in [0.29, 0.717) is 0 Å². The molecule has 0 radical (unpaired) electrons. The van der Waals surface area contributed by atoms with Crippen molar-refractivity contribution < 1.29 is 4.42 Å². The molecule has 2 N–H and O–H groups in total. The average molecular weight is 193 g/mol. The lowest BCUT2D eigenvalue weighted by Gasteiger charge is -2.06. The Bertz CT molecular complexity index is 339. The summed E-state index contributed by atoms with van der Waals surface area (Å²) in [7, 11) is 0. The third-order valence-corrected chi connectivity index (χ3v) is 2.74. The van der Waals surface area contributed by atoms with Gasteiger partial charge in [-0.25, -0.2) is 0 Å². The predicted molar refractivity (Wildman–Crippen MR) is 53.7 cm³/mol. The quantitative estimate of drug-likeness (QED) is 0.813. The number of nitrogens with two attached hydrogens (primary N) is 1. The molecule has 0 aliphatic heterocycles. The molecule has 68 valence electrons. The normalized spacial score (nSPS) is 13.0. The van der Waals surface area contributed by atoms with Gasteiger partial charge in [-0.05, 0) is 34.9 Å². The second-order valence-corrected chi connectivity index (χ2v) is 3.78. The van der Waals surface area contributed by atoms with E-state index in [0.717, 1.165) is 12.0 Å². The minimum atomic E-state index is 0.0494. The van der Waals surface area contributed by atoms with Crippen molar-refractivity contribution in [3.8, 4) is 0 Å². The standard InChI is InChI=1S/C10H11NOS/c11-10(9-1-3-12-6-9)5-8-2-4-13-7-8/h1-4,6-7,10H,5,11H2. The van der Waals surface area contributed by atoms with Crippen LogP contribution in [0.15, 0.2) is 39.8 Å². The van der Waals surface area contributed by atoms with Gasteiger partial charge >= 0.3 is 0 Å². The smallest absolute Gasteiger partial charge is 0.0950 e. The minimum absolute atomic E-state index is 0.0494. The van der Waals surface area contributed by atoms with Gasteiger partial charge in [-0.15, -0.1) is 0 Å². The number of furan rings is 1. The molecule has 0 saturated carbocycles. The Kier molecular flexibility index (Phi) is 2.47. The SMILES string of the molecule is NC(Cc1ccsc1)c1ccoc1. The van der Waals surface area contributed by atoms with Gasteiger partial charge in [0.15, 0.2) is 0 Å². The summed E-state index contributed by atoms with van der Waals surface area (Å²) in [6.07, 6.45) is 4.24. The second kappa shape index (κ2) is 3.77. The summed E-state index contributed by atoms with van der Waals surface area (Å²) in [4.78, 5) is 0. The van der Waals surface area contributed by atoms with Gasteiger partial charge in [0.05, 0.1) is 12.5 Å². The molecular weight excluding hydrogens is 182 g/mol. The van der Waals surface area contributed by atoms with Crippen molar-refractivity contribution in [2.45, 2.75) is 12.5 Å². The highest BCUT2D eigenvalue weighted by molar-refractivity contribution is 7.07. The van der Waals surface area contributed by atoms with E-state index >= 15 is 0 Å². The van der Waals surface area contributed by atoms with Gasteiger partial charge < -0.3 is 10.2 Å². The van der Waals surface area contributed by atoms with Crippen LogP contribution in [-0.2, 0) is 6.42 Å².